The second kappa shape index (κ2) is 11.3. The number of hydrogen-bond donors (Lipinski definition) is 1. The Labute approximate surface area is 225 Å². The Bertz CT molecular complexity index is 1280. The van der Waals surface area contributed by atoms with Crippen LogP contribution in [0.5, 0.6) is 5.75 Å². The first-order chi connectivity index (χ1) is 17.8. The van der Waals surface area contributed by atoms with Crippen LogP contribution in [0.25, 0.3) is 0 Å². The quantitative estimate of drug-likeness (QED) is 0.364. The Kier molecular flexibility index (Phi) is 8.17. The standard InChI is InChI=1S/C29H30BrNO6/c1-5-36-28(33)23-16(3)31-21-15-20(19-9-7-8-10-22(19)35-4)25(29(34)37-6-2)27(32)26(21)24(23)17-11-13-18(30)14-12-17/h7-14,20,24-25,31H,5-6,15H2,1-4H3/t20-,24+,25+/m0/s1. The largest absolute Gasteiger partial charge is 0.496 e. The van der Waals surface area contributed by atoms with E-state index in [0.29, 0.717) is 34.7 Å². The summed E-state index contributed by atoms with van der Waals surface area (Å²) in [5.74, 6) is -3.14. The highest BCUT2D eigenvalue weighted by atomic mass is 79.9. The first-order valence-electron chi connectivity index (χ1n) is 12.3. The van der Waals surface area contributed by atoms with Crippen molar-refractivity contribution in [2.75, 3.05) is 20.3 Å². The van der Waals surface area contributed by atoms with Gasteiger partial charge in [0.05, 0.1) is 25.9 Å². The van der Waals surface area contributed by atoms with E-state index in [1.807, 2.05) is 55.5 Å². The molecule has 37 heavy (non-hydrogen) atoms. The Morgan fingerprint density at radius 1 is 1.03 bits per heavy atom. The molecule has 0 fully saturated rings. The predicted octanol–water partition coefficient (Wildman–Crippen LogP) is 5.17. The van der Waals surface area contributed by atoms with Gasteiger partial charge in [-0.25, -0.2) is 4.79 Å². The van der Waals surface area contributed by atoms with Crippen molar-refractivity contribution in [2.45, 2.75) is 39.0 Å². The molecule has 0 aromatic heterocycles. The molecule has 194 valence electrons. The molecule has 1 heterocycles. The van der Waals surface area contributed by atoms with Gasteiger partial charge in [0.2, 0.25) is 0 Å². The van der Waals surface area contributed by atoms with Gasteiger partial charge >= 0.3 is 11.9 Å². The lowest BCUT2D eigenvalue weighted by molar-refractivity contribution is -0.152. The number of ether oxygens (including phenoxy) is 3. The van der Waals surface area contributed by atoms with E-state index in [1.165, 1.54) is 0 Å². The minimum Gasteiger partial charge on any atom is -0.496 e. The molecule has 7 nitrogen and oxygen atoms in total. The van der Waals surface area contributed by atoms with Gasteiger partial charge in [-0.15, -0.1) is 0 Å². The summed E-state index contributed by atoms with van der Waals surface area (Å²) in [4.78, 5) is 40.8. The maximum Gasteiger partial charge on any atom is 0.336 e. The van der Waals surface area contributed by atoms with E-state index >= 15 is 0 Å². The van der Waals surface area contributed by atoms with Gasteiger partial charge in [-0.2, -0.15) is 0 Å². The van der Waals surface area contributed by atoms with Crippen LogP contribution in [0.15, 0.2) is 75.5 Å². The zero-order valence-electron chi connectivity index (χ0n) is 21.3. The molecule has 0 saturated heterocycles. The Hall–Kier alpha value is -3.39. The lowest BCUT2D eigenvalue weighted by Crippen LogP contribution is -2.43. The summed E-state index contributed by atoms with van der Waals surface area (Å²) < 4.78 is 17.2. The Morgan fingerprint density at radius 3 is 2.35 bits per heavy atom. The summed E-state index contributed by atoms with van der Waals surface area (Å²) in [6, 6.07) is 14.9. The summed E-state index contributed by atoms with van der Waals surface area (Å²) in [7, 11) is 1.56. The van der Waals surface area contributed by atoms with Gasteiger partial charge in [0.15, 0.2) is 5.78 Å². The number of rotatable bonds is 7. The highest BCUT2D eigenvalue weighted by molar-refractivity contribution is 9.10. The fourth-order valence-corrected chi connectivity index (χ4v) is 5.53. The van der Waals surface area contributed by atoms with Gasteiger partial charge in [0.25, 0.3) is 0 Å². The van der Waals surface area contributed by atoms with E-state index in [4.69, 9.17) is 14.2 Å². The lowest BCUT2D eigenvalue weighted by Gasteiger charge is -2.39. The summed E-state index contributed by atoms with van der Waals surface area (Å²) in [5, 5.41) is 3.31. The van der Waals surface area contributed by atoms with Crippen molar-refractivity contribution in [3.05, 3.63) is 86.7 Å². The number of benzene rings is 2. The summed E-state index contributed by atoms with van der Waals surface area (Å²) in [6.45, 7) is 5.61. The molecular formula is C29H30BrNO6. The Balaban J connectivity index is 1.91. The first kappa shape index (κ1) is 26.7. The number of ketones is 1. The van der Waals surface area contributed by atoms with Crippen molar-refractivity contribution < 1.29 is 28.6 Å². The molecule has 0 radical (unpaired) electrons. The van der Waals surface area contributed by atoms with E-state index in [1.54, 1.807) is 21.0 Å². The van der Waals surface area contributed by atoms with Crippen LogP contribution in [-0.2, 0) is 23.9 Å². The van der Waals surface area contributed by atoms with Crippen LogP contribution in [0, 0.1) is 5.92 Å². The number of carbonyl (C=O) groups excluding carboxylic acids is 3. The molecule has 2 aromatic carbocycles. The van der Waals surface area contributed by atoms with Crippen molar-refractivity contribution in [3.63, 3.8) is 0 Å². The number of methoxy groups -OCH3 is 1. The van der Waals surface area contributed by atoms with Crippen molar-refractivity contribution in [2.24, 2.45) is 5.92 Å². The third kappa shape index (κ3) is 5.07. The van der Waals surface area contributed by atoms with Gasteiger partial charge in [-0.1, -0.05) is 46.3 Å². The molecule has 0 saturated carbocycles. The molecular weight excluding hydrogens is 538 g/mol. The normalized spacial score (nSPS) is 21.2. The zero-order chi connectivity index (χ0) is 26.7. The minimum absolute atomic E-state index is 0.147. The van der Waals surface area contributed by atoms with E-state index < -0.39 is 29.7 Å². The molecule has 0 unspecified atom stereocenters. The number of carbonyl (C=O) groups is 3. The smallest absolute Gasteiger partial charge is 0.336 e. The van der Waals surface area contributed by atoms with E-state index in [2.05, 4.69) is 21.2 Å². The van der Waals surface area contributed by atoms with Crippen LogP contribution in [0.4, 0.5) is 0 Å². The average molecular weight is 568 g/mol. The van der Waals surface area contributed by atoms with Crippen LogP contribution < -0.4 is 10.1 Å². The third-order valence-electron chi connectivity index (χ3n) is 6.80. The monoisotopic (exact) mass is 567 g/mol. The van der Waals surface area contributed by atoms with Gasteiger partial charge in [0, 0.05) is 33.3 Å². The molecule has 3 atom stereocenters. The number of Topliss-reactive ketones (excluding diaryl/α,β-unsaturated/α-hetero) is 1. The second-order valence-corrected chi connectivity index (χ2v) is 9.82. The van der Waals surface area contributed by atoms with Crippen LogP contribution >= 0.6 is 15.9 Å². The maximum absolute atomic E-state index is 14.3. The summed E-state index contributed by atoms with van der Waals surface area (Å²) in [5.41, 5.74) is 3.55. The van der Waals surface area contributed by atoms with Gasteiger partial charge < -0.3 is 19.5 Å². The third-order valence-corrected chi connectivity index (χ3v) is 7.33. The molecule has 0 spiro atoms. The SMILES string of the molecule is CCOC(=O)C1=C(C)NC2=C(C(=O)[C@H](C(=O)OCC)[C@H](c3ccccc3OC)C2)[C@@H]1c1ccc(Br)cc1. The van der Waals surface area contributed by atoms with Crippen molar-refractivity contribution >= 4 is 33.7 Å². The van der Waals surface area contributed by atoms with Gasteiger partial charge in [0.1, 0.15) is 11.7 Å². The molecule has 2 aliphatic rings. The minimum atomic E-state index is -1.09. The molecule has 1 aliphatic carbocycles. The van der Waals surface area contributed by atoms with Gasteiger partial charge in [-0.05, 0) is 56.5 Å². The highest BCUT2D eigenvalue weighted by Gasteiger charge is 2.49. The first-order valence-corrected chi connectivity index (χ1v) is 13.1. The van der Waals surface area contributed by atoms with Crippen molar-refractivity contribution in [3.8, 4) is 5.75 Å². The number of hydrogen-bond acceptors (Lipinski definition) is 7. The lowest BCUT2D eigenvalue weighted by atomic mass is 9.67. The number of allylic oxidation sites excluding steroid dienone is 3. The topological polar surface area (TPSA) is 90.9 Å². The van der Waals surface area contributed by atoms with E-state index in [-0.39, 0.29) is 19.0 Å². The fourth-order valence-electron chi connectivity index (χ4n) is 5.27. The van der Waals surface area contributed by atoms with Crippen LogP contribution in [0.1, 0.15) is 50.2 Å². The predicted molar refractivity (Wildman–Crippen MR) is 142 cm³/mol. The molecule has 1 N–H and O–H groups in total. The molecule has 0 amide bonds. The molecule has 0 bridgehead atoms. The van der Waals surface area contributed by atoms with Crippen LogP contribution in [0.2, 0.25) is 0 Å². The number of para-hydroxylation sites is 1. The number of esters is 2. The zero-order valence-corrected chi connectivity index (χ0v) is 22.9. The molecule has 1 aliphatic heterocycles. The fraction of sp³-hybridized carbons (Fsp3) is 0.345. The number of dihydropyridines is 1. The summed E-state index contributed by atoms with van der Waals surface area (Å²) in [6.07, 6.45) is 0.366. The average Bonchev–Trinajstić information content (AvgIpc) is 2.88. The van der Waals surface area contributed by atoms with E-state index in [9.17, 15) is 14.4 Å². The second-order valence-electron chi connectivity index (χ2n) is 8.91. The summed E-state index contributed by atoms with van der Waals surface area (Å²) >= 11 is 3.46. The van der Waals surface area contributed by atoms with E-state index in [0.717, 1.165) is 15.6 Å². The maximum atomic E-state index is 14.3. The van der Waals surface area contributed by atoms with Crippen LogP contribution in [0.3, 0.4) is 0 Å². The highest BCUT2D eigenvalue weighted by Crippen LogP contribution is 2.49. The number of nitrogens with one attached hydrogen (secondary N) is 1. The van der Waals surface area contributed by atoms with Crippen molar-refractivity contribution in [1.82, 2.24) is 5.32 Å². The Morgan fingerprint density at radius 2 is 1.70 bits per heavy atom. The number of halogens is 1. The van der Waals surface area contributed by atoms with Crippen molar-refractivity contribution in [1.29, 1.82) is 0 Å². The van der Waals surface area contributed by atoms with Gasteiger partial charge in [-0.3, -0.25) is 9.59 Å². The van der Waals surface area contributed by atoms with Crippen LogP contribution in [-0.4, -0.2) is 38.0 Å². The molecule has 2 aromatic rings. The molecule has 4 rings (SSSR count). The molecule has 8 heteroatoms.